The fourth-order valence-electron chi connectivity index (χ4n) is 3.13. The molecule has 0 saturated carbocycles. The van der Waals surface area contributed by atoms with Gasteiger partial charge >= 0.3 is 0 Å². The van der Waals surface area contributed by atoms with E-state index in [0.29, 0.717) is 35.1 Å². The Hall–Kier alpha value is -2.53. The van der Waals surface area contributed by atoms with E-state index >= 15 is 0 Å². The van der Waals surface area contributed by atoms with E-state index in [0.717, 1.165) is 12.8 Å². The predicted molar refractivity (Wildman–Crippen MR) is 102 cm³/mol. The highest BCUT2D eigenvalue weighted by Gasteiger charge is 2.29. The molecule has 1 aliphatic rings. The Bertz CT molecular complexity index is 792. The van der Waals surface area contributed by atoms with Crippen molar-refractivity contribution in [1.29, 1.82) is 0 Å². The van der Waals surface area contributed by atoms with Gasteiger partial charge in [0.1, 0.15) is 5.75 Å². The summed E-state index contributed by atoms with van der Waals surface area (Å²) in [7, 11) is 1.57. The normalized spacial score (nSPS) is 16.8. The number of halogens is 1. The topological polar surface area (TPSA) is 58.6 Å². The number of hydrogen-bond donors (Lipinski definition) is 1. The van der Waals surface area contributed by atoms with Crippen LogP contribution in [-0.2, 0) is 4.79 Å². The summed E-state index contributed by atoms with van der Waals surface area (Å²) in [6.45, 7) is 1.06. The summed E-state index contributed by atoms with van der Waals surface area (Å²) in [4.78, 5) is 27.1. The number of benzene rings is 2. The van der Waals surface area contributed by atoms with Gasteiger partial charge in [0.15, 0.2) is 0 Å². The summed E-state index contributed by atoms with van der Waals surface area (Å²) in [5, 5.41) is 3.51. The Morgan fingerprint density at radius 1 is 1.15 bits per heavy atom. The molecule has 1 fully saturated rings. The van der Waals surface area contributed by atoms with Gasteiger partial charge in [-0.05, 0) is 49.2 Å². The second-order valence-electron chi connectivity index (χ2n) is 6.29. The van der Waals surface area contributed by atoms with E-state index in [9.17, 15) is 9.59 Å². The van der Waals surface area contributed by atoms with Crippen molar-refractivity contribution >= 4 is 29.1 Å². The molecule has 1 N–H and O–H groups in total. The van der Waals surface area contributed by atoms with Crippen LogP contribution in [0.25, 0.3) is 0 Å². The zero-order chi connectivity index (χ0) is 18.5. The number of rotatable bonds is 4. The Kier molecular flexibility index (Phi) is 5.78. The van der Waals surface area contributed by atoms with Crippen LogP contribution >= 0.6 is 11.6 Å². The molecule has 2 amide bonds. The lowest BCUT2D eigenvalue weighted by Gasteiger charge is -2.32. The van der Waals surface area contributed by atoms with Gasteiger partial charge in [0, 0.05) is 23.7 Å². The zero-order valence-corrected chi connectivity index (χ0v) is 15.3. The molecular weight excluding hydrogens is 352 g/mol. The smallest absolute Gasteiger partial charge is 0.253 e. The summed E-state index contributed by atoms with van der Waals surface area (Å²) in [5.41, 5.74) is 1.22. The first kappa shape index (κ1) is 18.3. The molecule has 1 aliphatic heterocycles. The second kappa shape index (κ2) is 8.23. The molecule has 3 rings (SSSR count). The average molecular weight is 373 g/mol. The van der Waals surface area contributed by atoms with E-state index in [1.807, 2.05) is 12.1 Å². The molecule has 0 spiro atoms. The molecule has 2 aromatic rings. The van der Waals surface area contributed by atoms with Crippen LogP contribution in [0.5, 0.6) is 5.75 Å². The van der Waals surface area contributed by atoms with E-state index in [-0.39, 0.29) is 17.7 Å². The number of nitrogens with one attached hydrogen (secondary N) is 1. The van der Waals surface area contributed by atoms with Gasteiger partial charge in [-0.25, -0.2) is 0 Å². The highest BCUT2D eigenvalue weighted by Crippen LogP contribution is 2.26. The number of hydrogen-bond acceptors (Lipinski definition) is 3. The summed E-state index contributed by atoms with van der Waals surface area (Å²) in [6.07, 6.45) is 1.55. The first-order valence-corrected chi connectivity index (χ1v) is 8.95. The van der Waals surface area contributed by atoms with Crippen LogP contribution in [0.4, 0.5) is 5.69 Å². The summed E-state index contributed by atoms with van der Waals surface area (Å²) < 4.78 is 5.27. The minimum atomic E-state index is -0.245. The lowest BCUT2D eigenvalue weighted by Crippen LogP contribution is -2.43. The van der Waals surface area contributed by atoms with Crippen LogP contribution < -0.4 is 10.1 Å². The first-order chi connectivity index (χ1) is 12.6. The highest BCUT2D eigenvalue weighted by atomic mass is 35.5. The third-order valence-electron chi connectivity index (χ3n) is 4.54. The van der Waals surface area contributed by atoms with E-state index in [4.69, 9.17) is 16.3 Å². The van der Waals surface area contributed by atoms with Gasteiger partial charge in [0.25, 0.3) is 5.91 Å². The minimum absolute atomic E-state index is 0.0727. The molecule has 1 saturated heterocycles. The lowest BCUT2D eigenvalue weighted by atomic mass is 9.96. The predicted octanol–water partition coefficient (Wildman–Crippen LogP) is 3.84. The Labute approximate surface area is 157 Å². The van der Waals surface area contributed by atoms with Crippen molar-refractivity contribution in [2.45, 2.75) is 12.8 Å². The molecule has 0 radical (unpaired) electrons. The number of amides is 2. The third-order valence-corrected chi connectivity index (χ3v) is 4.79. The number of likely N-dealkylation sites (tertiary alicyclic amines) is 1. The molecule has 0 aliphatic carbocycles. The minimum Gasteiger partial charge on any atom is -0.495 e. The van der Waals surface area contributed by atoms with Crippen molar-refractivity contribution in [3.63, 3.8) is 0 Å². The van der Waals surface area contributed by atoms with Gasteiger partial charge in [-0.1, -0.05) is 23.7 Å². The lowest BCUT2D eigenvalue weighted by molar-refractivity contribution is -0.121. The quantitative estimate of drug-likeness (QED) is 0.887. The molecule has 26 heavy (non-hydrogen) atoms. The second-order valence-corrected chi connectivity index (χ2v) is 6.72. The van der Waals surface area contributed by atoms with Gasteiger partial charge in [-0.2, -0.15) is 0 Å². The van der Waals surface area contributed by atoms with E-state index < -0.39 is 0 Å². The summed E-state index contributed by atoms with van der Waals surface area (Å²) in [6, 6.07) is 14.1. The average Bonchev–Trinajstić information content (AvgIpc) is 2.68. The van der Waals surface area contributed by atoms with Crippen molar-refractivity contribution < 1.29 is 14.3 Å². The number of carbonyl (C=O) groups is 2. The molecule has 136 valence electrons. The van der Waals surface area contributed by atoms with Gasteiger partial charge in [-0.3, -0.25) is 9.59 Å². The number of carbonyl (C=O) groups excluding carboxylic acids is 2. The van der Waals surface area contributed by atoms with Crippen molar-refractivity contribution in [3.8, 4) is 5.75 Å². The monoisotopic (exact) mass is 372 g/mol. The molecule has 1 atom stereocenters. The molecule has 0 bridgehead atoms. The SMILES string of the molecule is COc1ccccc1NC(=O)[C@H]1CCCN(C(=O)c2ccc(Cl)cc2)C1. The fourth-order valence-corrected chi connectivity index (χ4v) is 3.26. The Morgan fingerprint density at radius 2 is 1.88 bits per heavy atom. The van der Waals surface area contributed by atoms with Crippen LogP contribution in [0, 0.1) is 5.92 Å². The maximum Gasteiger partial charge on any atom is 0.253 e. The maximum absolute atomic E-state index is 12.7. The third kappa shape index (κ3) is 4.17. The standard InChI is InChI=1S/C20H21ClN2O3/c1-26-18-7-3-2-6-17(18)22-19(24)15-5-4-12-23(13-15)20(25)14-8-10-16(21)11-9-14/h2-3,6-11,15H,4-5,12-13H2,1H3,(H,22,24)/t15-/m0/s1. The number of nitrogens with zero attached hydrogens (tertiary/aromatic N) is 1. The Balaban J connectivity index is 1.66. The highest BCUT2D eigenvalue weighted by molar-refractivity contribution is 6.30. The van der Waals surface area contributed by atoms with Crippen LogP contribution in [0.15, 0.2) is 48.5 Å². The largest absolute Gasteiger partial charge is 0.495 e. The van der Waals surface area contributed by atoms with Crippen molar-refractivity contribution in [3.05, 3.63) is 59.1 Å². The zero-order valence-electron chi connectivity index (χ0n) is 14.6. The van der Waals surface area contributed by atoms with E-state index in [1.165, 1.54) is 0 Å². The van der Waals surface area contributed by atoms with Crippen LogP contribution in [0.3, 0.4) is 0 Å². The van der Waals surface area contributed by atoms with Gasteiger partial charge in [0.2, 0.25) is 5.91 Å². The number of para-hydroxylation sites is 2. The fraction of sp³-hybridized carbons (Fsp3) is 0.300. The maximum atomic E-state index is 12.7. The van der Waals surface area contributed by atoms with Gasteiger partial charge in [0.05, 0.1) is 18.7 Å². The summed E-state index contributed by atoms with van der Waals surface area (Å²) >= 11 is 5.88. The van der Waals surface area contributed by atoms with Crippen LogP contribution in [0.2, 0.25) is 5.02 Å². The molecule has 1 heterocycles. The molecule has 0 unspecified atom stereocenters. The summed E-state index contributed by atoms with van der Waals surface area (Å²) in [5.74, 6) is 0.204. The van der Waals surface area contributed by atoms with Crippen molar-refractivity contribution in [2.24, 2.45) is 5.92 Å². The molecule has 6 heteroatoms. The van der Waals surface area contributed by atoms with Gasteiger partial charge < -0.3 is 15.0 Å². The van der Waals surface area contributed by atoms with E-state index in [1.54, 1.807) is 48.4 Å². The number of ether oxygens (including phenoxy) is 1. The Morgan fingerprint density at radius 3 is 2.62 bits per heavy atom. The number of piperidine rings is 1. The number of anilines is 1. The first-order valence-electron chi connectivity index (χ1n) is 8.57. The molecule has 2 aromatic carbocycles. The molecular formula is C20H21ClN2O3. The molecule has 5 nitrogen and oxygen atoms in total. The molecule has 0 aromatic heterocycles. The number of methoxy groups -OCH3 is 1. The van der Waals surface area contributed by atoms with Crippen LogP contribution in [-0.4, -0.2) is 36.9 Å². The van der Waals surface area contributed by atoms with Crippen molar-refractivity contribution in [2.75, 3.05) is 25.5 Å². The van der Waals surface area contributed by atoms with Gasteiger partial charge in [-0.15, -0.1) is 0 Å². The van der Waals surface area contributed by atoms with Crippen molar-refractivity contribution in [1.82, 2.24) is 4.90 Å². The van der Waals surface area contributed by atoms with Crippen LogP contribution in [0.1, 0.15) is 23.2 Å². The van der Waals surface area contributed by atoms with E-state index in [2.05, 4.69) is 5.32 Å².